The fourth-order valence-corrected chi connectivity index (χ4v) is 1.74. The molecular weight excluding hydrogens is 260 g/mol. The topological polar surface area (TPSA) is 35.5 Å². The van der Waals surface area contributed by atoms with E-state index < -0.39 is 0 Å². The summed E-state index contributed by atoms with van der Waals surface area (Å²) in [6.45, 7) is 0.619. The zero-order valence-electron chi connectivity index (χ0n) is 11.1. The van der Waals surface area contributed by atoms with Crippen LogP contribution in [0.2, 0.25) is 0 Å². The monoisotopic (exact) mass is 278 g/mol. The Morgan fingerprint density at radius 3 is 2.21 bits per heavy atom. The van der Waals surface area contributed by atoms with Crippen molar-refractivity contribution in [3.05, 3.63) is 54.1 Å². The van der Waals surface area contributed by atoms with Crippen molar-refractivity contribution in [3.63, 3.8) is 0 Å². The third kappa shape index (κ3) is 4.07. The molecule has 0 aliphatic rings. The van der Waals surface area contributed by atoms with Gasteiger partial charge >= 0.3 is 0 Å². The number of nitrogens with zero attached hydrogens (tertiary/aromatic N) is 1. The number of anilines is 2. The summed E-state index contributed by atoms with van der Waals surface area (Å²) < 4.78 is 0. The second kappa shape index (κ2) is 6.90. The maximum absolute atomic E-state index is 9.66. The second-order valence-electron chi connectivity index (χ2n) is 4.42. The van der Waals surface area contributed by atoms with Crippen LogP contribution >= 0.6 is 12.4 Å². The van der Waals surface area contributed by atoms with Crippen molar-refractivity contribution < 1.29 is 5.11 Å². The van der Waals surface area contributed by atoms with Crippen LogP contribution in [0.15, 0.2) is 48.5 Å². The quantitative estimate of drug-likeness (QED) is 0.899. The van der Waals surface area contributed by atoms with E-state index in [1.54, 1.807) is 6.07 Å². The number of rotatable bonds is 4. The predicted molar refractivity (Wildman–Crippen MR) is 83.5 cm³/mol. The molecule has 0 aliphatic heterocycles. The van der Waals surface area contributed by atoms with Crippen molar-refractivity contribution in [1.82, 2.24) is 0 Å². The summed E-state index contributed by atoms with van der Waals surface area (Å²) in [4.78, 5) is 2.06. The molecule has 4 heteroatoms. The molecule has 0 spiro atoms. The summed E-state index contributed by atoms with van der Waals surface area (Å²) >= 11 is 0. The smallest absolute Gasteiger partial charge is 0.120 e. The molecule has 3 nitrogen and oxygen atoms in total. The highest BCUT2D eigenvalue weighted by Crippen LogP contribution is 2.19. The fourth-order valence-electron chi connectivity index (χ4n) is 1.74. The minimum atomic E-state index is 0. The van der Waals surface area contributed by atoms with Gasteiger partial charge in [-0.3, -0.25) is 0 Å². The molecule has 2 aromatic carbocycles. The first-order valence-corrected chi connectivity index (χ1v) is 5.95. The zero-order valence-corrected chi connectivity index (χ0v) is 11.9. The molecule has 0 saturated heterocycles. The Bertz CT molecular complexity index is 512. The minimum absolute atomic E-state index is 0. The van der Waals surface area contributed by atoms with Crippen LogP contribution in [-0.2, 0) is 6.54 Å². The average molecular weight is 279 g/mol. The summed E-state index contributed by atoms with van der Waals surface area (Å²) in [6.07, 6.45) is 0. The second-order valence-corrected chi connectivity index (χ2v) is 4.42. The van der Waals surface area contributed by atoms with Gasteiger partial charge in [-0.2, -0.15) is 0 Å². The first-order chi connectivity index (χ1) is 8.66. The SMILES string of the molecule is CN(C)c1ccc(NCc2ccccc2O)cc1.Cl. The number of hydrogen-bond donors (Lipinski definition) is 2. The molecule has 0 aromatic heterocycles. The Labute approximate surface area is 120 Å². The van der Waals surface area contributed by atoms with Gasteiger partial charge in [-0.15, -0.1) is 12.4 Å². The van der Waals surface area contributed by atoms with Crippen LogP contribution in [0.5, 0.6) is 5.75 Å². The molecule has 19 heavy (non-hydrogen) atoms. The lowest BCUT2D eigenvalue weighted by molar-refractivity contribution is 0.469. The molecule has 102 valence electrons. The Morgan fingerprint density at radius 2 is 1.63 bits per heavy atom. The van der Waals surface area contributed by atoms with E-state index in [4.69, 9.17) is 0 Å². The maximum Gasteiger partial charge on any atom is 0.120 e. The Kier molecular flexibility index (Phi) is 5.52. The lowest BCUT2D eigenvalue weighted by Gasteiger charge is -2.13. The molecular formula is C15H19ClN2O. The number of phenolic OH excluding ortho intramolecular Hbond substituents is 1. The minimum Gasteiger partial charge on any atom is -0.508 e. The highest BCUT2D eigenvalue weighted by atomic mass is 35.5. The summed E-state index contributed by atoms with van der Waals surface area (Å²) in [6, 6.07) is 15.6. The van der Waals surface area contributed by atoms with E-state index in [0.29, 0.717) is 12.3 Å². The number of aromatic hydroxyl groups is 1. The van der Waals surface area contributed by atoms with Gasteiger partial charge in [0.1, 0.15) is 5.75 Å². The average Bonchev–Trinajstić information content (AvgIpc) is 2.38. The third-order valence-electron chi connectivity index (χ3n) is 2.86. The number of hydrogen-bond acceptors (Lipinski definition) is 3. The molecule has 0 saturated carbocycles. The van der Waals surface area contributed by atoms with Gasteiger partial charge in [0.05, 0.1) is 0 Å². The number of benzene rings is 2. The standard InChI is InChI=1S/C15H18N2O.ClH/c1-17(2)14-9-7-13(8-10-14)16-11-12-5-3-4-6-15(12)18;/h3-10,16,18H,11H2,1-2H3;1H. The van der Waals surface area contributed by atoms with Gasteiger partial charge in [0.2, 0.25) is 0 Å². The van der Waals surface area contributed by atoms with Gasteiger partial charge in [-0.1, -0.05) is 18.2 Å². The predicted octanol–water partition coefficient (Wildman–Crippen LogP) is 3.49. The van der Waals surface area contributed by atoms with Gasteiger partial charge in [0.25, 0.3) is 0 Å². The fraction of sp³-hybridized carbons (Fsp3) is 0.200. The van der Waals surface area contributed by atoms with Gasteiger partial charge in [0.15, 0.2) is 0 Å². The number of phenols is 1. The molecule has 0 bridgehead atoms. The van der Waals surface area contributed by atoms with E-state index in [1.165, 1.54) is 5.69 Å². The molecule has 0 aliphatic carbocycles. The summed E-state index contributed by atoms with van der Waals surface area (Å²) in [5, 5.41) is 12.9. The Morgan fingerprint density at radius 1 is 1.00 bits per heavy atom. The molecule has 2 N–H and O–H groups in total. The van der Waals surface area contributed by atoms with E-state index in [-0.39, 0.29) is 12.4 Å². The van der Waals surface area contributed by atoms with Gasteiger partial charge < -0.3 is 15.3 Å². The van der Waals surface area contributed by atoms with Gasteiger partial charge in [0, 0.05) is 37.6 Å². The Hall–Kier alpha value is -1.87. The number of halogens is 1. The molecule has 0 unspecified atom stereocenters. The molecule has 0 atom stereocenters. The molecule has 2 rings (SSSR count). The summed E-state index contributed by atoms with van der Waals surface area (Å²) in [7, 11) is 4.04. The lowest BCUT2D eigenvalue weighted by Crippen LogP contribution is -2.08. The van der Waals surface area contributed by atoms with Crippen molar-refractivity contribution in [2.75, 3.05) is 24.3 Å². The van der Waals surface area contributed by atoms with E-state index in [9.17, 15) is 5.11 Å². The van der Waals surface area contributed by atoms with Crippen molar-refractivity contribution in [2.45, 2.75) is 6.54 Å². The van der Waals surface area contributed by atoms with E-state index >= 15 is 0 Å². The van der Waals surface area contributed by atoms with Crippen molar-refractivity contribution >= 4 is 23.8 Å². The molecule has 0 heterocycles. The van der Waals surface area contributed by atoms with Crippen LogP contribution < -0.4 is 10.2 Å². The Balaban J connectivity index is 0.00000180. The highest BCUT2D eigenvalue weighted by molar-refractivity contribution is 5.85. The summed E-state index contributed by atoms with van der Waals surface area (Å²) in [5.74, 6) is 0.329. The van der Waals surface area contributed by atoms with Crippen molar-refractivity contribution in [3.8, 4) is 5.75 Å². The van der Waals surface area contributed by atoms with Crippen LogP contribution in [0.25, 0.3) is 0 Å². The van der Waals surface area contributed by atoms with Crippen LogP contribution in [0, 0.1) is 0 Å². The third-order valence-corrected chi connectivity index (χ3v) is 2.86. The first-order valence-electron chi connectivity index (χ1n) is 5.95. The molecule has 0 radical (unpaired) electrons. The highest BCUT2D eigenvalue weighted by Gasteiger charge is 2.00. The molecule has 0 amide bonds. The van der Waals surface area contributed by atoms with Crippen LogP contribution in [0.1, 0.15) is 5.56 Å². The maximum atomic E-state index is 9.66. The summed E-state index contributed by atoms with van der Waals surface area (Å²) in [5.41, 5.74) is 3.11. The molecule has 0 fully saturated rings. The largest absolute Gasteiger partial charge is 0.508 e. The van der Waals surface area contributed by atoms with E-state index in [1.807, 2.05) is 44.4 Å². The number of para-hydroxylation sites is 1. The van der Waals surface area contributed by atoms with Crippen molar-refractivity contribution in [1.29, 1.82) is 0 Å². The van der Waals surface area contributed by atoms with E-state index in [2.05, 4.69) is 22.3 Å². The van der Waals surface area contributed by atoms with Crippen LogP contribution in [-0.4, -0.2) is 19.2 Å². The van der Waals surface area contributed by atoms with E-state index in [0.717, 1.165) is 11.3 Å². The normalized spacial score (nSPS) is 9.58. The van der Waals surface area contributed by atoms with Gasteiger partial charge in [-0.05, 0) is 30.3 Å². The van der Waals surface area contributed by atoms with Crippen LogP contribution in [0.3, 0.4) is 0 Å². The lowest BCUT2D eigenvalue weighted by atomic mass is 10.2. The zero-order chi connectivity index (χ0) is 13.0. The number of nitrogens with one attached hydrogen (secondary N) is 1. The van der Waals surface area contributed by atoms with Crippen LogP contribution in [0.4, 0.5) is 11.4 Å². The molecule has 2 aromatic rings. The van der Waals surface area contributed by atoms with Gasteiger partial charge in [-0.25, -0.2) is 0 Å². The van der Waals surface area contributed by atoms with Crippen molar-refractivity contribution in [2.24, 2.45) is 0 Å². The first kappa shape index (κ1) is 15.2.